The summed E-state index contributed by atoms with van der Waals surface area (Å²) in [6.07, 6.45) is 1.02. The lowest BCUT2D eigenvalue weighted by molar-refractivity contribution is 0.0327. The number of H-pyrrole nitrogens is 1. The van der Waals surface area contributed by atoms with E-state index in [0.29, 0.717) is 6.54 Å². The predicted molar refractivity (Wildman–Crippen MR) is 110 cm³/mol. The molecule has 28 heavy (non-hydrogen) atoms. The molecule has 6 nitrogen and oxygen atoms in total. The maximum Gasteiger partial charge on any atom is 0.127 e. The number of fused-ring (bicyclic) bond motifs is 2. The van der Waals surface area contributed by atoms with E-state index in [9.17, 15) is 0 Å². The topological polar surface area (TPSA) is 59.0 Å². The number of nitrogens with zero attached hydrogens (tertiary/aromatic N) is 4. The van der Waals surface area contributed by atoms with Crippen molar-refractivity contribution in [3.63, 3.8) is 0 Å². The first-order valence-corrected chi connectivity index (χ1v) is 10.0. The molecule has 0 radical (unpaired) electrons. The van der Waals surface area contributed by atoms with Gasteiger partial charge in [0, 0.05) is 13.1 Å². The minimum atomic E-state index is 0.691. The second kappa shape index (κ2) is 7.37. The van der Waals surface area contributed by atoms with Gasteiger partial charge in [0.1, 0.15) is 11.6 Å². The van der Waals surface area contributed by atoms with Gasteiger partial charge in [-0.1, -0.05) is 25.1 Å². The number of aromatic nitrogens is 4. The van der Waals surface area contributed by atoms with Crippen molar-refractivity contribution in [3.05, 3.63) is 59.7 Å². The molecule has 0 aliphatic carbocycles. The third-order valence-corrected chi connectivity index (χ3v) is 5.51. The highest BCUT2D eigenvalue weighted by atomic mass is 16.5. The predicted octanol–water partition coefficient (Wildman–Crippen LogP) is 3.36. The SMILES string of the molecule is CCc1ccc2c(c1)nc(CN1CCOCC1)n2Cc1nc2ccccc2[nH]1. The molecule has 0 unspecified atom stereocenters. The summed E-state index contributed by atoms with van der Waals surface area (Å²) in [6, 6.07) is 14.8. The standard InChI is InChI=1S/C22H25N5O/c1-2-16-7-8-20-19(13-16)25-22(15-26-9-11-28-12-10-26)27(20)14-21-23-17-5-3-4-6-18(17)24-21/h3-8,13H,2,9-12,14-15H2,1H3,(H,23,24). The molecule has 1 fully saturated rings. The molecular formula is C22H25N5O. The molecule has 1 N–H and O–H groups in total. The van der Waals surface area contributed by atoms with Crippen molar-refractivity contribution in [2.75, 3.05) is 26.3 Å². The van der Waals surface area contributed by atoms with Gasteiger partial charge in [-0.15, -0.1) is 0 Å². The Morgan fingerprint density at radius 3 is 2.68 bits per heavy atom. The van der Waals surface area contributed by atoms with Crippen molar-refractivity contribution in [3.8, 4) is 0 Å². The third kappa shape index (κ3) is 3.30. The molecule has 5 rings (SSSR count). The van der Waals surface area contributed by atoms with E-state index >= 15 is 0 Å². The molecule has 3 heterocycles. The first-order valence-electron chi connectivity index (χ1n) is 10.0. The molecule has 1 aliphatic rings. The average molecular weight is 375 g/mol. The smallest absolute Gasteiger partial charge is 0.127 e. The number of ether oxygens (including phenoxy) is 1. The van der Waals surface area contributed by atoms with Crippen LogP contribution in [0.3, 0.4) is 0 Å². The summed E-state index contributed by atoms with van der Waals surface area (Å²) in [5.74, 6) is 2.05. The van der Waals surface area contributed by atoms with Crippen molar-refractivity contribution in [2.24, 2.45) is 0 Å². The van der Waals surface area contributed by atoms with Crippen LogP contribution in [0.5, 0.6) is 0 Å². The zero-order valence-electron chi connectivity index (χ0n) is 16.2. The number of morpholine rings is 1. The van der Waals surface area contributed by atoms with Gasteiger partial charge >= 0.3 is 0 Å². The van der Waals surface area contributed by atoms with Crippen molar-refractivity contribution < 1.29 is 4.74 Å². The number of benzene rings is 2. The molecule has 0 atom stereocenters. The Balaban J connectivity index is 1.54. The van der Waals surface area contributed by atoms with Crippen molar-refractivity contribution in [2.45, 2.75) is 26.4 Å². The molecule has 2 aromatic carbocycles. The second-order valence-corrected chi connectivity index (χ2v) is 7.38. The fourth-order valence-corrected chi connectivity index (χ4v) is 3.93. The number of rotatable bonds is 5. The molecule has 0 bridgehead atoms. The Hall–Kier alpha value is -2.70. The van der Waals surface area contributed by atoms with Crippen LogP contribution in [-0.4, -0.2) is 50.7 Å². The lowest BCUT2D eigenvalue weighted by Gasteiger charge is -2.26. The van der Waals surface area contributed by atoms with Crippen LogP contribution in [0.15, 0.2) is 42.5 Å². The molecule has 0 amide bonds. The van der Waals surface area contributed by atoms with E-state index < -0.39 is 0 Å². The minimum absolute atomic E-state index is 0.691. The van der Waals surface area contributed by atoms with E-state index in [1.807, 2.05) is 18.2 Å². The van der Waals surface area contributed by atoms with E-state index in [1.165, 1.54) is 11.1 Å². The zero-order valence-corrected chi connectivity index (χ0v) is 16.2. The molecular weight excluding hydrogens is 350 g/mol. The van der Waals surface area contributed by atoms with Gasteiger partial charge in [0.05, 0.1) is 48.4 Å². The summed E-state index contributed by atoms with van der Waals surface area (Å²) >= 11 is 0. The average Bonchev–Trinajstić information content (AvgIpc) is 3.29. The van der Waals surface area contributed by atoms with Crippen LogP contribution in [0.1, 0.15) is 24.1 Å². The van der Waals surface area contributed by atoms with Crippen LogP contribution in [0.4, 0.5) is 0 Å². The Labute approximate surface area is 164 Å². The Morgan fingerprint density at radius 2 is 1.86 bits per heavy atom. The summed E-state index contributed by atoms with van der Waals surface area (Å²) in [6.45, 7) is 7.20. The van der Waals surface area contributed by atoms with Crippen LogP contribution in [-0.2, 0) is 24.2 Å². The van der Waals surface area contributed by atoms with E-state index in [1.54, 1.807) is 0 Å². The maximum absolute atomic E-state index is 5.50. The van der Waals surface area contributed by atoms with Gasteiger partial charge in [0.25, 0.3) is 0 Å². The van der Waals surface area contributed by atoms with E-state index in [-0.39, 0.29) is 0 Å². The maximum atomic E-state index is 5.50. The summed E-state index contributed by atoms with van der Waals surface area (Å²) in [5.41, 5.74) is 5.63. The zero-order chi connectivity index (χ0) is 18.9. The normalized spacial score (nSPS) is 15.6. The van der Waals surface area contributed by atoms with Gasteiger partial charge in [-0.05, 0) is 36.2 Å². The number of aromatic amines is 1. The number of aryl methyl sites for hydroxylation is 1. The molecule has 0 spiro atoms. The Morgan fingerprint density at radius 1 is 1.00 bits per heavy atom. The first kappa shape index (κ1) is 17.4. The van der Waals surface area contributed by atoms with Crippen LogP contribution in [0, 0.1) is 0 Å². The van der Waals surface area contributed by atoms with Crippen LogP contribution in [0.2, 0.25) is 0 Å². The molecule has 1 aliphatic heterocycles. The highest BCUT2D eigenvalue weighted by Crippen LogP contribution is 2.22. The van der Waals surface area contributed by atoms with Gasteiger partial charge in [-0.25, -0.2) is 9.97 Å². The van der Waals surface area contributed by atoms with Gasteiger partial charge in [-0.2, -0.15) is 0 Å². The number of hydrogen-bond donors (Lipinski definition) is 1. The second-order valence-electron chi connectivity index (χ2n) is 7.38. The molecule has 144 valence electrons. The lowest BCUT2D eigenvalue weighted by Crippen LogP contribution is -2.36. The van der Waals surface area contributed by atoms with Crippen LogP contribution in [0.25, 0.3) is 22.1 Å². The summed E-state index contributed by atoms with van der Waals surface area (Å²) < 4.78 is 7.81. The van der Waals surface area contributed by atoms with Crippen molar-refractivity contribution in [1.29, 1.82) is 0 Å². The fraction of sp³-hybridized carbons (Fsp3) is 0.364. The molecule has 2 aromatic heterocycles. The fourth-order valence-electron chi connectivity index (χ4n) is 3.93. The molecule has 6 heteroatoms. The summed E-state index contributed by atoms with van der Waals surface area (Å²) in [4.78, 5) is 15.7. The van der Waals surface area contributed by atoms with E-state index in [2.05, 4.69) is 45.6 Å². The number of imidazole rings is 2. The van der Waals surface area contributed by atoms with Crippen LogP contribution >= 0.6 is 0 Å². The number of hydrogen-bond acceptors (Lipinski definition) is 4. The van der Waals surface area contributed by atoms with E-state index in [4.69, 9.17) is 14.7 Å². The summed E-state index contributed by atoms with van der Waals surface area (Å²) in [7, 11) is 0. The first-order chi connectivity index (χ1) is 13.8. The number of para-hydroxylation sites is 2. The summed E-state index contributed by atoms with van der Waals surface area (Å²) in [5, 5.41) is 0. The van der Waals surface area contributed by atoms with Crippen molar-refractivity contribution >= 4 is 22.1 Å². The molecule has 4 aromatic rings. The van der Waals surface area contributed by atoms with Gasteiger partial charge in [0.15, 0.2) is 0 Å². The van der Waals surface area contributed by atoms with Gasteiger partial charge in [0.2, 0.25) is 0 Å². The Kier molecular flexibility index (Phi) is 4.58. The van der Waals surface area contributed by atoms with E-state index in [0.717, 1.165) is 67.5 Å². The van der Waals surface area contributed by atoms with Gasteiger partial charge in [-0.3, -0.25) is 4.90 Å². The highest BCUT2D eigenvalue weighted by Gasteiger charge is 2.18. The minimum Gasteiger partial charge on any atom is -0.379 e. The highest BCUT2D eigenvalue weighted by molar-refractivity contribution is 5.77. The van der Waals surface area contributed by atoms with Gasteiger partial charge < -0.3 is 14.3 Å². The largest absolute Gasteiger partial charge is 0.379 e. The quantitative estimate of drug-likeness (QED) is 0.581. The Bertz CT molecular complexity index is 1070. The molecule has 1 saturated heterocycles. The monoisotopic (exact) mass is 375 g/mol. The van der Waals surface area contributed by atoms with Crippen molar-refractivity contribution in [1.82, 2.24) is 24.4 Å². The molecule has 0 saturated carbocycles. The number of nitrogens with one attached hydrogen (secondary N) is 1. The third-order valence-electron chi connectivity index (χ3n) is 5.51. The van der Waals surface area contributed by atoms with Crippen LogP contribution < -0.4 is 0 Å². The lowest BCUT2D eigenvalue weighted by atomic mass is 10.1.